The Labute approximate surface area is 157 Å². The molecule has 0 saturated carbocycles. The van der Waals surface area contributed by atoms with E-state index in [1.54, 1.807) is 18.3 Å². The van der Waals surface area contributed by atoms with Crippen molar-refractivity contribution in [2.75, 3.05) is 23.3 Å². The second-order valence-corrected chi connectivity index (χ2v) is 6.79. The van der Waals surface area contributed by atoms with Crippen LogP contribution in [0.5, 0.6) is 0 Å². The Balaban J connectivity index is 1.33. The summed E-state index contributed by atoms with van der Waals surface area (Å²) in [7, 11) is 0. The first-order valence-corrected chi connectivity index (χ1v) is 9.09. The van der Waals surface area contributed by atoms with E-state index in [1.165, 1.54) is 17.8 Å². The molecular weight excluding hydrogens is 343 g/mol. The zero-order valence-electron chi connectivity index (χ0n) is 14.9. The largest absolute Gasteiger partial charge is 0.371 e. The Morgan fingerprint density at radius 2 is 1.74 bits per heavy atom. The zero-order chi connectivity index (χ0) is 18.6. The molecule has 0 aliphatic carbocycles. The van der Waals surface area contributed by atoms with Gasteiger partial charge >= 0.3 is 0 Å². The van der Waals surface area contributed by atoms with Crippen molar-refractivity contribution in [1.82, 2.24) is 10.2 Å². The van der Waals surface area contributed by atoms with Crippen LogP contribution in [-0.2, 0) is 4.79 Å². The molecule has 0 spiro atoms. The van der Waals surface area contributed by atoms with Crippen LogP contribution in [0.3, 0.4) is 0 Å². The molecule has 1 amide bonds. The third-order valence-corrected chi connectivity index (χ3v) is 5.04. The van der Waals surface area contributed by atoms with E-state index in [0.717, 1.165) is 37.1 Å². The number of rotatable bonds is 4. The number of benzene rings is 2. The van der Waals surface area contributed by atoms with E-state index in [0.29, 0.717) is 5.69 Å². The number of hydrogen-bond donors (Lipinski definition) is 2. The van der Waals surface area contributed by atoms with E-state index >= 15 is 0 Å². The minimum Gasteiger partial charge on any atom is -0.371 e. The van der Waals surface area contributed by atoms with E-state index in [1.807, 2.05) is 6.20 Å². The third kappa shape index (κ3) is 4.00. The number of hydrogen-bond acceptors (Lipinski definition) is 3. The zero-order valence-corrected chi connectivity index (χ0v) is 14.9. The normalized spacial score (nSPS) is 14.9. The molecule has 3 aromatic rings. The van der Waals surface area contributed by atoms with Gasteiger partial charge in [0.15, 0.2) is 0 Å². The summed E-state index contributed by atoms with van der Waals surface area (Å²) in [6.45, 7) is 1.68. The predicted octanol–water partition coefficient (Wildman–Crippen LogP) is 4.07. The molecular formula is C21H21FN4O. The molecule has 4 rings (SSSR count). The maximum absolute atomic E-state index is 13.0. The average molecular weight is 364 g/mol. The number of aromatic nitrogens is 2. The van der Waals surface area contributed by atoms with Crippen molar-refractivity contribution in [1.29, 1.82) is 0 Å². The smallest absolute Gasteiger partial charge is 0.227 e. The fourth-order valence-electron chi connectivity index (χ4n) is 3.45. The quantitative estimate of drug-likeness (QED) is 0.734. The highest BCUT2D eigenvalue weighted by molar-refractivity contribution is 5.92. The first kappa shape index (κ1) is 17.3. The van der Waals surface area contributed by atoms with Gasteiger partial charge in [-0.25, -0.2) is 4.39 Å². The van der Waals surface area contributed by atoms with E-state index in [-0.39, 0.29) is 17.6 Å². The van der Waals surface area contributed by atoms with Gasteiger partial charge in [-0.05, 0) is 54.8 Å². The molecule has 1 saturated heterocycles. The molecule has 5 nitrogen and oxygen atoms in total. The SMILES string of the molecule is O=C(Nc1ccc(F)cc1)C1CCN(c2ccc(-c3cn[nH]c3)cc2)CC1. The van der Waals surface area contributed by atoms with Crippen LogP contribution in [-0.4, -0.2) is 29.2 Å². The van der Waals surface area contributed by atoms with Crippen LogP contribution in [0.15, 0.2) is 60.9 Å². The van der Waals surface area contributed by atoms with E-state index in [4.69, 9.17) is 0 Å². The highest BCUT2D eigenvalue weighted by atomic mass is 19.1. The molecule has 0 radical (unpaired) electrons. The number of nitrogens with zero attached hydrogens (tertiary/aromatic N) is 2. The van der Waals surface area contributed by atoms with Crippen molar-refractivity contribution in [3.63, 3.8) is 0 Å². The fourth-order valence-corrected chi connectivity index (χ4v) is 3.45. The van der Waals surface area contributed by atoms with Gasteiger partial charge < -0.3 is 10.2 Å². The van der Waals surface area contributed by atoms with Crippen molar-refractivity contribution in [2.24, 2.45) is 5.92 Å². The highest BCUT2D eigenvalue weighted by Crippen LogP contribution is 2.27. The number of halogens is 1. The van der Waals surface area contributed by atoms with Gasteiger partial charge in [0.05, 0.1) is 6.20 Å². The van der Waals surface area contributed by atoms with Gasteiger partial charge in [-0.15, -0.1) is 0 Å². The van der Waals surface area contributed by atoms with Crippen molar-refractivity contribution in [3.8, 4) is 11.1 Å². The molecule has 0 bridgehead atoms. The summed E-state index contributed by atoms with van der Waals surface area (Å²) in [5.41, 5.74) is 4.00. The molecule has 1 aromatic heterocycles. The van der Waals surface area contributed by atoms with Gasteiger partial charge in [-0.1, -0.05) is 12.1 Å². The average Bonchev–Trinajstić information content (AvgIpc) is 3.25. The highest BCUT2D eigenvalue weighted by Gasteiger charge is 2.25. The third-order valence-electron chi connectivity index (χ3n) is 5.04. The van der Waals surface area contributed by atoms with E-state index < -0.39 is 0 Å². The van der Waals surface area contributed by atoms with Crippen LogP contribution >= 0.6 is 0 Å². The van der Waals surface area contributed by atoms with Crippen LogP contribution in [0.2, 0.25) is 0 Å². The van der Waals surface area contributed by atoms with Gasteiger partial charge in [0.1, 0.15) is 5.82 Å². The van der Waals surface area contributed by atoms with Gasteiger partial charge in [-0.3, -0.25) is 9.89 Å². The topological polar surface area (TPSA) is 61.0 Å². The van der Waals surface area contributed by atoms with Gasteiger partial charge in [0.2, 0.25) is 5.91 Å². The number of carbonyl (C=O) groups excluding carboxylic acids is 1. The van der Waals surface area contributed by atoms with E-state index in [9.17, 15) is 9.18 Å². The van der Waals surface area contributed by atoms with Crippen LogP contribution < -0.4 is 10.2 Å². The Morgan fingerprint density at radius 3 is 2.37 bits per heavy atom. The molecule has 0 unspecified atom stereocenters. The number of nitrogens with one attached hydrogen (secondary N) is 2. The summed E-state index contributed by atoms with van der Waals surface area (Å²) in [5, 5.41) is 9.69. The number of carbonyl (C=O) groups is 1. The van der Waals surface area contributed by atoms with Crippen LogP contribution in [0.25, 0.3) is 11.1 Å². The molecule has 138 valence electrons. The van der Waals surface area contributed by atoms with Crippen molar-refractivity contribution >= 4 is 17.3 Å². The fraction of sp³-hybridized carbons (Fsp3) is 0.238. The lowest BCUT2D eigenvalue weighted by Gasteiger charge is -2.33. The molecule has 2 N–H and O–H groups in total. The van der Waals surface area contributed by atoms with Crippen LogP contribution in [0, 0.1) is 11.7 Å². The minimum absolute atomic E-state index is 0.0107. The number of H-pyrrole nitrogens is 1. The Bertz CT molecular complexity index is 883. The number of piperidine rings is 1. The lowest BCUT2D eigenvalue weighted by Crippen LogP contribution is -2.38. The molecule has 6 heteroatoms. The molecule has 1 aliphatic rings. The molecule has 1 fully saturated rings. The Kier molecular flexibility index (Phi) is 4.87. The number of anilines is 2. The molecule has 1 aliphatic heterocycles. The summed E-state index contributed by atoms with van der Waals surface area (Å²) in [6.07, 6.45) is 5.29. The standard InChI is InChI=1S/C21H21FN4O/c22-18-3-5-19(6-4-18)25-21(27)16-9-11-26(12-10-16)20-7-1-15(2-8-20)17-13-23-24-14-17/h1-8,13-14,16H,9-12H2,(H,23,24)(H,25,27). The van der Waals surface area contributed by atoms with Gasteiger partial charge in [0.25, 0.3) is 0 Å². The predicted molar refractivity (Wildman–Crippen MR) is 104 cm³/mol. The Morgan fingerprint density at radius 1 is 1.04 bits per heavy atom. The molecule has 2 heterocycles. The van der Waals surface area contributed by atoms with Crippen molar-refractivity contribution < 1.29 is 9.18 Å². The minimum atomic E-state index is -0.305. The first-order valence-electron chi connectivity index (χ1n) is 9.09. The monoisotopic (exact) mass is 364 g/mol. The van der Waals surface area contributed by atoms with Gasteiger partial charge in [-0.2, -0.15) is 5.10 Å². The van der Waals surface area contributed by atoms with Crippen molar-refractivity contribution in [3.05, 3.63) is 66.7 Å². The second kappa shape index (κ2) is 7.61. The molecule has 27 heavy (non-hydrogen) atoms. The summed E-state index contributed by atoms with van der Waals surface area (Å²) in [5.74, 6) is -0.312. The van der Waals surface area contributed by atoms with E-state index in [2.05, 4.69) is 44.7 Å². The summed E-state index contributed by atoms with van der Waals surface area (Å²) >= 11 is 0. The second-order valence-electron chi connectivity index (χ2n) is 6.79. The molecule has 0 atom stereocenters. The maximum Gasteiger partial charge on any atom is 0.227 e. The summed E-state index contributed by atoms with van der Waals surface area (Å²) in [4.78, 5) is 14.7. The first-order chi connectivity index (χ1) is 13.2. The lowest BCUT2D eigenvalue weighted by molar-refractivity contribution is -0.120. The summed E-state index contributed by atoms with van der Waals surface area (Å²) < 4.78 is 13.0. The summed E-state index contributed by atoms with van der Waals surface area (Å²) in [6, 6.07) is 14.3. The lowest BCUT2D eigenvalue weighted by atomic mass is 9.95. The Hall–Kier alpha value is -3.15. The van der Waals surface area contributed by atoms with Crippen molar-refractivity contribution in [2.45, 2.75) is 12.8 Å². The number of amides is 1. The maximum atomic E-state index is 13.0. The van der Waals surface area contributed by atoms with Crippen LogP contribution in [0.1, 0.15) is 12.8 Å². The molecule has 2 aromatic carbocycles. The number of aromatic amines is 1. The van der Waals surface area contributed by atoms with Crippen LogP contribution in [0.4, 0.5) is 15.8 Å². The van der Waals surface area contributed by atoms with Gasteiger partial charge in [0, 0.05) is 42.1 Å².